The molecule has 0 saturated heterocycles. The maximum Gasteiger partial charge on any atom is 0.155 e. The SMILES string of the molecule is Fc1ccc2c(c1)C(c1cccnc1)=NNC(c1cccnc1)=N2. The third kappa shape index (κ3) is 2.65. The van der Waals surface area contributed by atoms with E-state index in [4.69, 9.17) is 0 Å². The summed E-state index contributed by atoms with van der Waals surface area (Å²) in [5.41, 5.74) is 6.35. The summed E-state index contributed by atoms with van der Waals surface area (Å²) in [6.45, 7) is 0. The molecule has 0 bridgehead atoms. The van der Waals surface area contributed by atoms with E-state index in [0.717, 1.165) is 11.1 Å². The van der Waals surface area contributed by atoms with Crippen molar-refractivity contribution in [3.63, 3.8) is 0 Å². The molecule has 0 amide bonds. The van der Waals surface area contributed by atoms with Gasteiger partial charge in [0.2, 0.25) is 0 Å². The summed E-state index contributed by atoms with van der Waals surface area (Å²) in [5, 5.41) is 4.44. The van der Waals surface area contributed by atoms with Crippen LogP contribution in [0.5, 0.6) is 0 Å². The zero-order valence-electron chi connectivity index (χ0n) is 12.5. The van der Waals surface area contributed by atoms with Crippen LogP contribution < -0.4 is 5.43 Å². The standard InChI is InChI=1S/C18H12FN5/c19-14-5-6-16-15(9-14)17(12-3-1-7-20-10-12)23-24-18(22-16)13-4-2-8-21-11-13/h1-11H,(H,22,24). The van der Waals surface area contributed by atoms with E-state index in [1.807, 2.05) is 24.3 Å². The third-order valence-electron chi connectivity index (χ3n) is 3.59. The van der Waals surface area contributed by atoms with E-state index in [-0.39, 0.29) is 5.82 Å². The van der Waals surface area contributed by atoms with Crippen molar-refractivity contribution < 1.29 is 4.39 Å². The number of rotatable bonds is 2. The van der Waals surface area contributed by atoms with Crippen molar-refractivity contribution in [3.8, 4) is 0 Å². The molecule has 6 heteroatoms. The van der Waals surface area contributed by atoms with E-state index in [1.165, 1.54) is 12.1 Å². The van der Waals surface area contributed by atoms with Crippen LogP contribution in [-0.4, -0.2) is 21.5 Å². The predicted molar refractivity (Wildman–Crippen MR) is 89.8 cm³/mol. The summed E-state index contributed by atoms with van der Waals surface area (Å²) in [5.74, 6) is 0.209. The minimum Gasteiger partial charge on any atom is -0.264 e. The lowest BCUT2D eigenvalue weighted by Crippen LogP contribution is -2.19. The van der Waals surface area contributed by atoms with Crippen LogP contribution in [0.15, 0.2) is 77.3 Å². The molecule has 0 unspecified atom stereocenters. The molecule has 0 spiro atoms. The largest absolute Gasteiger partial charge is 0.264 e. The molecule has 1 N–H and O–H groups in total. The Balaban J connectivity index is 1.89. The summed E-state index contributed by atoms with van der Waals surface area (Å²) in [6, 6.07) is 11.8. The molecule has 2 aromatic heterocycles. The molecule has 116 valence electrons. The van der Waals surface area contributed by atoms with E-state index in [1.54, 1.807) is 30.9 Å². The average molecular weight is 317 g/mol. The fourth-order valence-electron chi connectivity index (χ4n) is 2.46. The zero-order chi connectivity index (χ0) is 16.4. The molecule has 0 radical (unpaired) electrons. The third-order valence-corrected chi connectivity index (χ3v) is 3.59. The summed E-state index contributed by atoms with van der Waals surface area (Å²) < 4.78 is 13.8. The van der Waals surface area contributed by atoms with Gasteiger partial charge in [0, 0.05) is 41.5 Å². The van der Waals surface area contributed by atoms with Crippen LogP contribution in [0.25, 0.3) is 0 Å². The molecule has 0 fully saturated rings. The van der Waals surface area contributed by atoms with Gasteiger partial charge >= 0.3 is 0 Å². The molecule has 1 aliphatic heterocycles. The predicted octanol–water partition coefficient (Wildman–Crippen LogP) is 3.05. The van der Waals surface area contributed by atoms with Gasteiger partial charge in [0.25, 0.3) is 0 Å². The molecule has 0 saturated carbocycles. The van der Waals surface area contributed by atoms with E-state index in [9.17, 15) is 4.39 Å². The number of aliphatic imine (C=N–C) groups is 1. The Morgan fingerprint density at radius 3 is 2.33 bits per heavy atom. The van der Waals surface area contributed by atoms with Crippen LogP contribution in [-0.2, 0) is 0 Å². The first-order chi connectivity index (χ1) is 11.8. The van der Waals surface area contributed by atoms with Crippen molar-refractivity contribution in [2.45, 2.75) is 0 Å². The van der Waals surface area contributed by atoms with Crippen molar-refractivity contribution >= 4 is 17.2 Å². The number of hydrogen-bond acceptors (Lipinski definition) is 5. The fourth-order valence-corrected chi connectivity index (χ4v) is 2.46. The first-order valence-electron chi connectivity index (χ1n) is 7.34. The van der Waals surface area contributed by atoms with E-state index >= 15 is 0 Å². The summed E-state index contributed by atoms with van der Waals surface area (Å²) in [7, 11) is 0. The number of pyridine rings is 2. The van der Waals surface area contributed by atoms with Gasteiger partial charge in [-0.1, -0.05) is 0 Å². The highest BCUT2D eigenvalue weighted by Gasteiger charge is 2.18. The maximum absolute atomic E-state index is 13.8. The minimum atomic E-state index is -0.342. The van der Waals surface area contributed by atoms with Crippen LogP contribution in [0.4, 0.5) is 10.1 Å². The highest BCUT2D eigenvalue weighted by Crippen LogP contribution is 2.26. The number of fused-ring (bicyclic) bond motifs is 1. The summed E-state index contributed by atoms with van der Waals surface area (Å²) >= 11 is 0. The monoisotopic (exact) mass is 317 g/mol. The van der Waals surface area contributed by atoms with Gasteiger partial charge in [0.05, 0.1) is 5.69 Å². The Hall–Kier alpha value is -3.41. The van der Waals surface area contributed by atoms with Gasteiger partial charge in [-0.05, 0) is 42.5 Å². The highest BCUT2D eigenvalue weighted by atomic mass is 19.1. The number of nitrogens with zero attached hydrogens (tertiary/aromatic N) is 4. The Labute approximate surface area is 137 Å². The van der Waals surface area contributed by atoms with Gasteiger partial charge < -0.3 is 0 Å². The van der Waals surface area contributed by atoms with Crippen LogP contribution in [0, 0.1) is 5.82 Å². The molecule has 1 aliphatic rings. The molecule has 4 rings (SSSR count). The van der Waals surface area contributed by atoms with Crippen molar-refractivity contribution in [3.05, 3.63) is 89.8 Å². The number of aromatic nitrogens is 2. The Bertz CT molecular complexity index is 936. The van der Waals surface area contributed by atoms with Gasteiger partial charge in [0.1, 0.15) is 11.5 Å². The van der Waals surface area contributed by atoms with Gasteiger partial charge in [-0.25, -0.2) is 9.38 Å². The lowest BCUT2D eigenvalue weighted by Gasteiger charge is -2.07. The molecule has 1 aromatic carbocycles. The summed E-state index contributed by atoms with van der Waals surface area (Å²) in [6.07, 6.45) is 6.75. The summed E-state index contributed by atoms with van der Waals surface area (Å²) in [4.78, 5) is 12.8. The number of benzene rings is 1. The zero-order valence-corrected chi connectivity index (χ0v) is 12.5. The number of halogens is 1. The van der Waals surface area contributed by atoms with E-state index < -0.39 is 0 Å². The van der Waals surface area contributed by atoms with Crippen molar-refractivity contribution in [2.75, 3.05) is 0 Å². The van der Waals surface area contributed by atoms with Crippen LogP contribution >= 0.6 is 0 Å². The molecule has 0 aliphatic carbocycles. The molecule has 3 heterocycles. The molecule has 0 atom stereocenters. The normalized spacial score (nSPS) is 13.2. The smallest absolute Gasteiger partial charge is 0.155 e. The number of hydrazone groups is 1. The lowest BCUT2D eigenvalue weighted by atomic mass is 10.0. The van der Waals surface area contributed by atoms with Crippen molar-refractivity contribution in [1.82, 2.24) is 15.4 Å². The number of nitrogens with one attached hydrogen (secondary N) is 1. The quantitative estimate of drug-likeness (QED) is 0.790. The van der Waals surface area contributed by atoms with Gasteiger partial charge in [-0.15, -0.1) is 0 Å². The Kier molecular flexibility index (Phi) is 3.55. The van der Waals surface area contributed by atoms with Gasteiger partial charge in [0.15, 0.2) is 5.84 Å². The molecule has 24 heavy (non-hydrogen) atoms. The van der Waals surface area contributed by atoms with Gasteiger partial charge in [-0.2, -0.15) is 5.10 Å². The minimum absolute atomic E-state index is 0.342. The second-order valence-electron chi connectivity index (χ2n) is 5.18. The fraction of sp³-hybridized carbons (Fsp3) is 0. The highest BCUT2D eigenvalue weighted by molar-refractivity contribution is 6.17. The molecular weight excluding hydrogens is 305 g/mol. The second kappa shape index (κ2) is 6.00. The topological polar surface area (TPSA) is 62.5 Å². The first kappa shape index (κ1) is 14.2. The van der Waals surface area contributed by atoms with Gasteiger partial charge in [-0.3, -0.25) is 15.4 Å². The van der Waals surface area contributed by atoms with Crippen LogP contribution in [0.1, 0.15) is 16.7 Å². The number of hydrogen-bond donors (Lipinski definition) is 1. The Morgan fingerprint density at radius 1 is 0.875 bits per heavy atom. The van der Waals surface area contributed by atoms with Crippen molar-refractivity contribution in [1.29, 1.82) is 0 Å². The van der Waals surface area contributed by atoms with E-state index in [0.29, 0.717) is 22.8 Å². The van der Waals surface area contributed by atoms with Crippen molar-refractivity contribution in [2.24, 2.45) is 10.1 Å². The first-order valence-corrected chi connectivity index (χ1v) is 7.34. The Morgan fingerprint density at radius 2 is 1.62 bits per heavy atom. The lowest BCUT2D eigenvalue weighted by molar-refractivity contribution is 0.627. The van der Waals surface area contributed by atoms with Crippen LogP contribution in [0.3, 0.4) is 0 Å². The molecular formula is C18H12FN5. The molecule has 5 nitrogen and oxygen atoms in total. The van der Waals surface area contributed by atoms with E-state index in [2.05, 4.69) is 25.5 Å². The average Bonchev–Trinajstić information content (AvgIpc) is 2.82. The number of amidine groups is 1. The molecule has 3 aromatic rings. The second-order valence-corrected chi connectivity index (χ2v) is 5.18. The maximum atomic E-state index is 13.8. The van der Waals surface area contributed by atoms with Crippen LogP contribution in [0.2, 0.25) is 0 Å².